The van der Waals surface area contributed by atoms with Crippen molar-refractivity contribution in [2.24, 2.45) is 4.99 Å². The number of fused-ring (bicyclic) bond motifs is 1. The second kappa shape index (κ2) is 5.22. The monoisotopic (exact) mass is 282 g/mol. The van der Waals surface area contributed by atoms with Gasteiger partial charge in [-0.2, -0.15) is 0 Å². The molecule has 0 radical (unpaired) electrons. The minimum absolute atomic E-state index is 0.129. The van der Waals surface area contributed by atoms with Crippen molar-refractivity contribution >= 4 is 39.0 Å². The molecule has 20 heavy (non-hydrogen) atoms. The third-order valence-electron chi connectivity index (χ3n) is 2.89. The van der Waals surface area contributed by atoms with Crippen LogP contribution in [0, 0.1) is 10.1 Å². The van der Waals surface area contributed by atoms with Gasteiger partial charge in [0.05, 0.1) is 15.5 Å². The lowest BCUT2D eigenvalue weighted by atomic mass is 10.1. The summed E-state index contributed by atoms with van der Waals surface area (Å²) in [7, 11) is 0. The summed E-state index contributed by atoms with van der Waals surface area (Å²) in [5.41, 5.74) is 0.860. The van der Waals surface area contributed by atoms with E-state index in [1.54, 1.807) is 12.3 Å². The largest absolute Gasteiger partial charge is 0.324 e. The van der Waals surface area contributed by atoms with Crippen LogP contribution in [0.15, 0.2) is 59.6 Å². The Labute approximate surface area is 119 Å². The second-order valence-corrected chi connectivity index (χ2v) is 5.28. The Hall–Kier alpha value is -2.53. The van der Waals surface area contributed by atoms with E-state index in [0.29, 0.717) is 0 Å². The molecular formula is C15H10N2O2S. The fraction of sp³-hybridized carbons (Fsp3) is 0. The lowest BCUT2D eigenvalue weighted by Gasteiger charge is -2.00. The summed E-state index contributed by atoms with van der Waals surface area (Å²) in [6.07, 6.45) is 1.67. The summed E-state index contributed by atoms with van der Waals surface area (Å²) in [5, 5.41) is 13.0. The van der Waals surface area contributed by atoms with Crippen molar-refractivity contribution in [3.63, 3.8) is 0 Å². The zero-order chi connectivity index (χ0) is 13.9. The molecule has 3 aromatic rings. The van der Waals surface area contributed by atoms with Gasteiger partial charge in [0.15, 0.2) is 0 Å². The second-order valence-electron chi connectivity index (χ2n) is 4.19. The van der Waals surface area contributed by atoms with E-state index in [1.807, 2.05) is 42.5 Å². The summed E-state index contributed by atoms with van der Waals surface area (Å²) >= 11 is 1.12. The van der Waals surface area contributed by atoms with Crippen LogP contribution in [0.1, 0.15) is 4.88 Å². The number of thiophene rings is 1. The van der Waals surface area contributed by atoms with Crippen molar-refractivity contribution in [1.82, 2.24) is 0 Å². The first-order valence-corrected chi connectivity index (χ1v) is 6.82. The van der Waals surface area contributed by atoms with Gasteiger partial charge in [-0.3, -0.25) is 15.1 Å². The SMILES string of the molecule is O=[N+]([O-])c1ccc(C=Nc2cccc3ccccc23)s1. The molecule has 0 bridgehead atoms. The van der Waals surface area contributed by atoms with Crippen LogP contribution in [0.5, 0.6) is 0 Å². The molecule has 0 N–H and O–H groups in total. The Kier molecular flexibility index (Phi) is 3.26. The summed E-state index contributed by atoms with van der Waals surface area (Å²) in [6, 6.07) is 17.1. The number of aliphatic imine (C=N–C) groups is 1. The average Bonchev–Trinajstić information content (AvgIpc) is 2.94. The standard InChI is InChI=1S/C15H10N2O2S/c18-17(19)15-9-8-12(20-15)10-16-14-7-3-5-11-4-1-2-6-13(11)14/h1-10H. The number of benzene rings is 2. The topological polar surface area (TPSA) is 55.5 Å². The molecule has 0 saturated carbocycles. The van der Waals surface area contributed by atoms with Crippen LogP contribution in [-0.4, -0.2) is 11.1 Å². The molecule has 4 nitrogen and oxygen atoms in total. The first kappa shape index (κ1) is 12.5. The van der Waals surface area contributed by atoms with Gasteiger partial charge in [-0.15, -0.1) is 0 Å². The number of hydrogen-bond acceptors (Lipinski definition) is 4. The van der Waals surface area contributed by atoms with E-state index in [4.69, 9.17) is 0 Å². The Morgan fingerprint density at radius 1 is 1.05 bits per heavy atom. The van der Waals surface area contributed by atoms with Crippen LogP contribution < -0.4 is 0 Å². The van der Waals surface area contributed by atoms with E-state index in [2.05, 4.69) is 4.99 Å². The Morgan fingerprint density at radius 3 is 2.65 bits per heavy atom. The van der Waals surface area contributed by atoms with Gasteiger partial charge < -0.3 is 0 Å². The maximum Gasteiger partial charge on any atom is 0.324 e. The van der Waals surface area contributed by atoms with E-state index in [9.17, 15) is 10.1 Å². The molecule has 2 aromatic carbocycles. The molecule has 0 unspecified atom stereocenters. The first-order valence-electron chi connectivity index (χ1n) is 6.00. The van der Waals surface area contributed by atoms with Gasteiger partial charge >= 0.3 is 5.00 Å². The molecule has 5 heteroatoms. The maximum absolute atomic E-state index is 10.6. The van der Waals surface area contributed by atoms with E-state index in [-0.39, 0.29) is 9.92 Å². The van der Waals surface area contributed by atoms with Crippen molar-refractivity contribution in [1.29, 1.82) is 0 Å². The predicted octanol–water partition coefficient (Wildman–Crippen LogP) is 4.56. The highest BCUT2D eigenvalue weighted by Crippen LogP contribution is 2.27. The number of hydrogen-bond donors (Lipinski definition) is 0. The van der Waals surface area contributed by atoms with E-state index < -0.39 is 0 Å². The molecule has 1 aromatic heterocycles. The third kappa shape index (κ3) is 2.44. The Balaban J connectivity index is 1.96. The highest BCUT2D eigenvalue weighted by atomic mass is 32.1. The maximum atomic E-state index is 10.6. The predicted molar refractivity (Wildman–Crippen MR) is 82.2 cm³/mol. The smallest absolute Gasteiger partial charge is 0.258 e. The molecule has 98 valence electrons. The van der Waals surface area contributed by atoms with Crippen LogP contribution in [0.2, 0.25) is 0 Å². The van der Waals surface area contributed by atoms with Crippen molar-refractivity contribution in [2.75, 3.05) is 0 Å². The van der Waals surface area contributed by atoms with Crippen LogP contribution in [-0.2, 0) is 0 Å². The minimum Gasteiger partial charge on any atom is -0.258 e. The third-order valence-corrected chi connectivity index (χ3v) is 3.86. The number of rotatable bonds is 3. The Morgan fingerprint density at radius 2 is 1.85 bits per heavy atom. The van der Waals surface area contributed by atoms with Crippen molar-refractivity contribution in [3.05, 3.63) is 69.6 Å². The first-order chi connectivity index (χ1) is 9.74. The lowest BCUT2D eigenvalue weighted by Crippen LogP contribution is -1.80. The minimum atomic E-state index is -0.389. The summed E-state index contributed by atoms with van der Waals surface area (Å²) in [5.74, 6) is 0. The molecule has 1 heterocycles. The quantitative estimate of drug-likeness (QED) is 0.401. The molecule has 0 aliphatic heterocycles. The fourth-order valence-electron chi connectivity index (χ4n) is 1.96. The molecule has 0 aliphatic carbocycles. The summed E-state index contributed by atoms with van der Waals surface area (Å²) in [6.45, 7) is 0. The van der Waals surface area contributed by atoms with Crippen LogP contribution in [0.3, 0.4) is 0 Å². The van der Waals surface area contributed by atoms with E-state index >= 15 is 0 Å². The zero-order valence-electron chi connectivity index (χ0n) is 10.4. The number of nitrogens with zero attached hydrogens (tertiary/aromatic N) is 2. The van der Waals surface area contributed by atoms with Gasteiger partial charge in [0.2, 0.25) is 0 Å². The van der Waals surface area contributed by atoms with Crippen LogP contribution in [0.4, 0.5) is 10.7 Å². The normalized spacial score (nSPS) is 11.2. The highest BCUT2D eigenvalue weighted by Gasteiger charge is 2.08. The van der Waals surface area contributed by atoms with Gasteiger partial charge in [0, 0.05) is 17.7 Å². The van der Waals surface area contributed by atoms with E-state index in [0.717, 1.165) is 32.7 Å². The van der Waals surface area contributed by atoms with Crippen molar-refractivity contribution in [2.45, 2.75) is 0 Å². The molecular weight excluding hydrogens is 272 g/mol. The Bertz CT molecular complexity index is 803. The lowest BCUT2D eigenvalue weighted by molar-refractivity contribution is -0.380. The van der Waals surface area contributed by atoms with E-state index in [1.165, 1.54) is 6.07 Å². The molecule has 3 rings (SSSR count). The van der Waals surface area contributed by atoms with Gasteiger partial charge in [-0.25, -0.2) is 0 Å². The molecule has 0 saturated heterocycles. The van der Waals surface area contributed by atoms with Crippen LogP contribution >= 0.6 is 11.3 Å². The molecule has 0 atom stereocenters. The van der Waals surface area contributed by atoms with Gasteiger partial charge in [0.25, 0.3) is 0 Å². The summed E-state index contributed by atoms with van der Waals surface area (Å²) < 4.78 is 0. The van der Waals surface area contributed by atoms with Crippen LogP contribution in [0.25, 0.3) is 10.8 Å². The summed E-state index contributed by atoms with van der Waals surface area (Å²) in [4.78, 5) is 15.5. The van der Waals surface area contributed by atoms with Gasteiger partial charge in [0.1, 0.15) is 0 Å². The fourth-order valence-corrected chi connectivity index (χ4v) is 2.66. The average molecular weight is 282 g/mol. The molecule has 0 aliphatic rings. The van der Waals surface area contributed by atoms with Gasteiger partial charge in [-0.1, -0.05) is 47.7 Å². The number of nitro groups is 1. The molecule has 0 fully saturated rings. The molecule has 0 amide bonds. The van der Waals surface area contributed by atoms with Crippen molar-refractivity contribution in [3.8, 4) is 0 Å². The zero-order valence-corrected chi connectivity index (χ0v) is 11.2. The van der Waals surface area contributed by atoms with Gasteiger partial charge in [-0.05, 0) is 17.5 Å². The highest BCUT2D eigenvalue weighted by molar-refractivity contribution is 7.16. The van der Waals surface area contributed by atoms with Crippen molar-refractivity contribution < 1.29 is 4.92 Å². The molecule has 0 spiro atoms.